The Morgan fingerprint density at radius 1 is 0.903 bits per heavy atom. The van der Waals surface area contributed by atoms with Crippen LogP contribution in [-0.2, 0) is 14.6 Å². The Hall–Kier alpha value is -1.94. The fourth-order valence-corrected chi connectivity index (χ4v) is 9.67. The monoisotopic (exact) mass is 523 g/mol. The molecule has 1 nitrogen and oxygen atoms in total. The van der Waals surface area contributed by atoms with Gasteiger partial charge in [-0.1, -0.05) is 0 Å². The van der Waals surface area contributed by atoms with Crippen molar-refractivity contribution in [2.24, 2.45) is 11.8 Å². The van der Waals surface area contributed by atoms with Crippen molar-refractivity contribution in [3.05, 3.63) is 108 Å². The Morgan fingerprint density at radius 3 is 2.03 bits per heavy atom. The van der Waals surface area contributed by atoms with Crippen molar-refractivity contribution in [1.82, 2.24) is 0 Å². The maximum atomic E-state index is 12.8. The maximum absolute atomic E-state index is 12.8. The minimum atomic E-state index is 0.0212. The van der Waals surface area contributed by atoms with Crippen LogP contribution in [0.2, 0.25) is 0 Å². The summed E-state index contributed by atoms with van der Waals surface area (Å²) >= 11 is 0.0212. The number of ketones is 1. The van der Waals surface area contributed by atoms with E-state index in [9.17, 15) is 4.79 Å². The molecule has 1 saturated heterocycles. The van der Waals surface area contributed by atoms with Crippen molar-refractivity contribution in [3.63, 3.8) is 0 Å². The number of hydrogen-bond acceptors (Lipinski definition) is 1. The van der Waals surface area contributed by atoms with Gasteiger partial charge in [0.05, 0.1) is 0 Å². The van der Waals surface area contributed by atoms with Gasteiger partial charge in [0.25, 0.3) is 0 Å². The molecule has 0 bridgehead atoms. The van der Waals surface area contributed by atoms with Crippen molar-refractivity contribution in [2.45, 2.75) is 42.4 Å². The van der Waals surface area contributed by atoms with Crippen LogP contribution in [0.1, 0.15) is 49.3 Å². The molecule has 4 rings (SSSR count). The van der Waals surface area contributed by atoms with Crippen LogP contribution < -0.4 is 21.2 Å². The Balaban J connectivity index is 1.46. The molecule has 2 unspecified atom stereocenters. The second-order valence-electron chi connectivity index (χ2n) is 8.68. The molecule has 0 N–H and O–H groups in total. The number of rotatable bonds is 9. The Bertz CT molecular complexity index is 912. The van der Waals surface area contributed by atoms with E-state index < -0.39 is 0 Å². The zero-order valence-electron chi connectivity index (χ0n) is 18.3. The van der Waals surface area contributed by atoms with E-state index in [-0.39, 0.29) is 30.5 Å². The fourth-order valence-electron chi connectivity index (χ4n) is 4.91. The van der Waals surface area contributed by atoms with Gasteiger partial charge in [0.2, 0.25) is 0 Å². The van der Waals surface area contributed by atoms with E-state index in [4.69, 9.17) is 0 Å². The third-order valence-corrected chi connectivity index (χ3v) is 11.2. The van der Waals surface area contributed by atoms with Crippen molar-refractivity contribution < 1.29 is 26.0 Å². The van der Waals surface area contributed by atoms with Gasteiger partial charge in [0.1, 0.15) is 0 Å². The second-order valence-corrected chi connectivity index (χ2v) is 12.2. The minimum absolute atomic E-state index is 0.0212. The predicted octanol–water partition coefficient (Wildman–Crippen LogP) is 3.66. The molecule has 2 atom stereocenters. The molecule has 0 spiro atoms. The number of halogens is 1. The molecule has 1 aliphatic rings. The zero-order chi connectivity index (χ0) is 21.5. The molecule has 1 fully saturated rings. The number of aryl methyl sites for hydroxylation is 1. The van der Waals surface area contributed by atoms with Gasteiger partial charge in [-0.25, -0.2) is 0 Å². The first kappa shape index (κ1) is 22.3. The fraction of sp³-hybridized carbons (Fsp3) is 0.345. The first-order chi connectivity index (χ1) is 15.2. The van der Waals surface area contributed by atoms with Crippen molar-refractivity contribution in [1.29, 1.82) is 0 Å². The van der Waals surface area contributed by atoms with Crippen molar-refractivity contribution >= 4 is 5.78 Å². The number of Topliss-reactive ketones (excluding diaryl/α,β-unsaturated/α-hetero) is 1. The molecule has 0 aromatic heterocycles. The Morgan fingerprint density at radius 2 is 1.45 bits per heavy atom. The summed E-state index contributed by atoms with van der Waals surface area (Å²) in [7, 11) is 0. The normalized spacial score (nSPS) is 18.8. The Labute approximate surface area is 197 Å². The van der Waals surface area contributed by atoms with Gasteiger partial charge >= 0.3 is 198 Å². The van der Waals surface area contributed by atoms with Crippen LogP contribution in [0.3, 0.4) is 0 Å². The van der Waals surface area contributed by atoms with E-state index in [2.05, 4.69) is 91.9 Å². The molecule has 0 aliphatic carbocycles. The number of hydrogen-bond donors (Lipinski definition) is 0. The third-order valence-electron chi connectivity index (χ3n) is 6.71. The van der Waals surface area contributed by atoms with E-state index in [0.717, 1.165) is 19.3 Å². The van der Waals surface area contributed by atoms with Crippen molar-refractivity contribution in [2.75, 3.05) is 4.43 Å². The van der Waals surface area contributed by atoms with Crippen LogP contribution in [0.5, 0.6) is 0 Å². The van der Waals surface area contributed by atoms with Crippen LogP contribution in [-0.4, -0.2) is 10.2 Å². The average Bonchev–Trinajstić information content (AvgIpc) is 3.27. The third kappa shape index (κ3) is 5.11. The quantitative estimate of drug-likeness (QED) is 0.309. The van der Waals surface area contributed by atoms with Gasteiger partial charge in [0, 0.05) is 0 Å². The molecule has 162 valence electrons. The summed E-state index contributed by atoms with van der Waals surface area (Å²) in [5.74, 6) is 1.20. The predicted molar refractivity (Wildman–Crippen MR) is 125 cm³/mol. The number of benzene rings is 3. The molecule has 1 aliphatic heterocycles. The summed E-state index contributed by atoms with van der Waals surface area (Å²) in [6.07, 6.45) is 4.95. The summed E-state index contributed by atoms with van der Waals surface area (Å²) in [6.45, 7) is 2.14. The van der Waals surface area contributed by atoms with Gasteiger partial charge in [-0.15, -0.1) is 0 Å². The molecule has 2 heteroatoms. The van der Waals surface area contributed by atoms with E-state index in [0.29, 0.717) is 18.1 Å². The van der Waals surface area contributed by atoms with Crippen LogP contribution in [0.4, 0.5) is 0 Å². The molecule has 31 heavy (non-hydrogen) atoms. The van der Waals surface area contributed by atoms with Gasteiger partial charge < -0.3 is 0 Å². The SMILES string of the molecule is CC(CCC1CC[I-]C1(c1ccccc1)c1ccccc1)C(=O)CCc1ccccc1. The molecule has 3 aromatic rings. The van der Waals surface area contributed by atoms with Crippen LogP contribution in [0, 0.1) is 11.8 Å². The summed E-state index contributed by atoms with van der Waals surface area (Å²) in [5, 5.41) is 0. The van der Waals surface area contributed by atoms with E-state index >= 15 is 0 Å². The average molecular weight is 523 g/mol. The van der Waals surface area contributed by atoms with Crippen molar-refractivity contribution in [3.8, 4) is 0 Å². The van der Waals surface area contributed by atoms with Gasteiger partial charge in [-0.2, -0.15) is 0 Å². The van der Waals surface area contributed by atoms with Gasteiger partial charge in [-0.05, 0) is 0 Å². The van der Waals surface area contributed by atoms with Gasteiger partial charge in [-0.3, -0.25) is 0 Å². The Kier molecular flexibility index (Phi) is 7.60. The first-order valence-electron chi connectivity index (χ1n) is 11.5. The van der Waals surface area contributed by atoms with E-state index in [1.807, 2.05) is 6.07 Å². The summed E-state index contributed by atoms with van der Waals surface area (Å²) in [5.41, 5.74) is 4.23. The van der Waals surface area contributed by atoms with Gasteiger partial charge in [0.15, 0.2) is 0 Å². The molecule has 1 heterocycles. The van der Waals surface area contributed by atoms with Crippen LogP contribution in [0.25, 0.3) is 0 Å². The second kappa shape index (κ2) is 10.6. The van der Waals surface area contributed by atoms with E-state index in [1.165, 1.54) is 27.5 Å². The molecule has 3 aromatic carbocycles. The molecule has 0 amide bonds. The molecular weight excluding hydrogens is 491 g/mol. The first-order valence-corrected chi connectivity index (χ1v) is 14.1. The summed E-state index contributed by atoms with van der Waals surface area (Å²) in [4.78, 5) is 12.8. The molecule has 0 radical (unpaired) electrons. The topological polar surface area (TPSA) is 17.1 Å². The number of alkyl halides is 2. The van der Waals surface area contributed by atoms with Crippen LogP contribution in [0.15, 0.2) is 91.0 Å². The zero-order valence-corrected chi connectivity index (χ0v) is 20.5. The van der Waals surface area contributed by atoms with Crippen LogP contribution >= 0.6 is 0 Å². The standard InChI is InChI=1S/C29H32IO/c1-23(28(31)20-18-24-11-5-2-6-12-24)17-19-27-21-22-30-29(27,25-13-7-3-8-14-25)26-15-9-4-10-16-26/h2-16,23,27H,17-22H2,1H3/q-1. The van der Waals surface area contributed by atoms with E-state index in [1.54, 1.807) is 0 Å². The summed E-state index contributed by atoms with van der Waals surface area (Å²) < 4.78 is 1.55. The summed E-state index contributed by atoms with van der Waals surface area (Å²) in [6, 6.07) is 32.7. The molecule has 0 saturated carbocycles. The number of carbonyl (C=O) groups is 1. The molecular formula is C29H32IO-. The number of carbonyl (C=O) groups excluding carboxylic acids is 1.